The van der Waals surface area contributed by atoms with Crippen molar-refractivity contribution < 1.29 is 9.53 Å². The smallest absolute Gasteiger partial charge is 0.349 e. The van der Waals surface area contributed by atoms with Crippen LogP contribution >= 0.6 is 0 Å². The first-order valence-corrected chi connectivity index (χ1v) is 6.16. The van der Waals surface area contributed by atoms with Crippen molar-refractivity contribution in [2.45, 2.75) is 26.2 Å². The molecule has 0 aromatic heterocycles. The molecule has 92 valence electrons. The predicted octanol–water partition coefficient (Wildman–Crippen LogP) is 2.86. The Hall–Kier alpha value is -2.08. The molecule has 0 spiro atoms. The van der Waals surface area contributed by atoms with Crippen molar-refractivity contribution in [1.82, 2.24) is 0 Å². The van der Waals surface area contributed by atoms with Crippen molar-refractivity contribution >= 4 is 11.5 Å². The standard InChI is InChI=1S/C15H15NO2/c1-2-18-15(17)14(10-16)13-9-5-7-11-6-3-4-8-12(11)13/h3-4,6,8H,2,5,7,9H2,1H3. The van der Waals surface area contributed by atoms with Gasteiger partial charge in [-0.25, -0.2) is 4.79 Å². The first-order valence-electron chi connectivity index (χ1n) is 6.16. The molecule has 0 N–H and O–H groups in total. The second kappa shape index (κ2) is 5.50. The maximum Gasteiger partial charge on any atom is 0.349 e. The zero-order chi connectivity index (χ0) is 13.0. The van der Waals surface area contributed by atoms with Crippen LogP contribution in [0.4, 0.5) is 0 Å². The molecule has 1 aromatic carbocycles. The summed E-state index contributed by atoms with van der Waals surface area (Å²) in [6, 6.07) is 9.94. The Labute approximate surface area is 107 Å². The lowest BCUT2D eigenvalue weighted by Gasteiger charge is -2.19. The Bertz CT molecular complexity index is 538. The molecule has 0 bridgehead atoms. The fourth-order valence-electron chi connectivity index (χ4n) is 2.32. The highest BCUT2D eigenvalue weighted by atomic mass is 16.5. The summed E-state index contributed by atoms with van der Waals surface area (Å²) in [6.07, 6.45) is 2.73. The molecule has 0 radical (unpaired) electrons. The monoisotopic (exact) mass is 241 g/mol. The molecule has 0 aliphatic heterocycles. The van der Waals surface area contributed by atoms with E-state index < -0.39 is 5.97 Å². The number of benzene rings is 1. The molecule has 2 rings (SSSR count). The molecule has 1 aromatic rings. The number of hydrogen-bond donors (Lipinski definition) is 0. The number of carbonyl (C=O) groups excluding carboxylic acids is 1. The fraction of sp³-hybridized carbons (Fsp3) is 0.333. The summed E-state index contributed by atoms with van der Waals surface area (Å²) in [5, 5.41) is 9.19. The number of nitriles is 1. The van der Waals surface area contributed by atoms with E-state index in [1.165, 1.54) is 5.56 Å². The minimum absolute atomic E-state index is 0.156. The third-order valence-electron chi connectivity index (χ3n) is 3.11. The number of ether oxygens (including phenoxy) is 1. The predicted molar refractivity (Wildman–Crippen MR) is 68.5 cm³/mol. The number of carbonyl (C=O) groups is 1. The van der Waals surface area contributed by atoms with E-state index >= 15 is 0 Å². The zero-order valence-electron chi connectivity index (χ0n) is 10.4. The van der Waals surface area contributed by atoms with Gasteiger partial charge in [0.05, 0.1) is 6.61 Å². The summed E-state index contributed by atoms with van der Waals surface area (Å²) in [7, 11) is 0. The molecule has 0 saturated carbocycles. The SMILES string of the molecule is CCOC(=O)C(C#N)=C1CCCc2ccccc21. The highest BCUT2D eigenvalue weighted by Gasteiger charge is 2.22. The largest absolute Gasteiger partial charge is 0.462 e. The number of fused-ring (bicyclic) bond motifs is 1. The van der Waals surface area contributed by atoms with Crippen LogP contribution in [0.1, 0.15) is 30.9 Å². The highest BCUT2D eigenvalue weighted by Crippen LogP contribution is 2.33. The van der Waals surface area contributed by atoms with Gasteiger partial charge >= 0.3 is 5.97 Å². The third kappa shape index (κ3) is 2.28. The molecule has 18 heavy (non-hydrogen) atoms. The quantitative estimate of drug-likeness (QED) is 0.454. The van der Waals surface area contributed by atoms with Gasteiger partial charge in [0.1, 0.15) is 11.6 Å². The average Bonchev–Trinajstić information content (AvgIpc) is 2.40. The van der Waals surface area contributed by atoms with Crippen molar-refractivity contribution in [3.05, 3.63) is 41.0 Å². The molecule has 3 nitrogen and oxygen atoms in total. The van der Waals surface area contributed by atoms with Crippen LogP contribution in [0.3, 0.4) is 0 Å². The Morgan fingerprint density at radius 1 is 1.39 bits per heavy atom. The molecule has 0 fully saturated rings. The van der Waals surface area contributed by atoms with Gasteiger partial charge in [-0.05, 0) is 42.9 Å². The lowest BCUT2D eigenvalue weighted by Crippen LogP contribution is -2.11. The summed E-state index contributed by atoms with van der Waals surface area (Å²) < 4.78 is 4.94. The number of hydrogen-bond acceptors (Lipinski definition) is 3. The maximum atomic E-state index is 11.8. The van der Waals surface area contributed by atoms with E-state index in [4.69, 9.17) is 4.74 Å². The van der Waals surface area contributed by atoms with Gasteiger partial charge in [0.15, 0.2) is 0 Å². The van der Waals surface area contributed by atoms with Crippen LogP contribution in [0.5, 0.6) is 0 Å². The number of esters is 1. The van der Waals surface area contributed by atoms with Crippen LogP contribution < -0.4 is 0 Å². The van der Waals surface area contributed by atoms with Crippen LogP contribution in [0, 0.1) is 11.3 Å². The first-order chi connectivity index (χ1) is 8.77. The van der Waals surface area contributed by atoms with Gasteiger partial charge in [0.25, 0.3) is 0 Å². The minimum Gasteiger partial charge on any atom is -0.462 e. The van der Waals surface area contributed by atoms with Crippen LogP contribution in [0.2, 0.25) is 0 Å². The summed E-state index contributed by atoms with van der Waals surface area (Å²) in [4.78, 5) is 11.8. The van der Waals surface area contributed by atoms with Gasteiger partial charge in [-0.2, -0.15) is 5.26 Å². The third-order valence-corrected chi connectivity index (χ3v) is 3.11. The molecule has 1 aliphatic rings. The van der Waals surface area contributed by atoms with Gasteiger partial charge in [0, 0.05) is 0 Å². The number of rotatable bonds is 2. The lowest BCUT2D eigenvalue weighted by atomic mass is 9.85. The minimum atomic E-state index is -0.508. The van der Waals surface area contributed by atoms with Crippen molar-refractivity contribution in [2.24, 2.45) is 0 Å². The van der Waals surface area contributed by atoms with Crippen LogP contribution in [0.15, 0.2) is 29.8 Å². The van der Waals surface area contributed by atoms with Gasteiger partial charge in [-0.1, -0.05) is 24.3 Å². The molecular weight excluding hydrogens is 226 g/mol. The van der Waals surface area contributed by atoms with Gasteiger partial charge in [-0.3, -0.25) is 0 Å². The fourth-order valence-corrected chi connectivity index (χ4v) is 2.32. The summed E-state index contributed by atoms with van der Waals surface area (Å²) in [5.74, 6) is -0.508. The second-order valence-electron chi connectivity index (χ2n) is 4.20. The molecule has 0 heterocycles. The first kappa shape index (κ1) is 12.4. The van der Waals surface area contributed by atoms with Gasteiger partial charge in [0.2, 0.25) is 0 Å². The van der Waals surface area contributed by atoms with E-state index in [1.807, 2.05) is 24.3 Å². The zero-order valence-corrected chi connectivity index (χ0v) is 10.4. The van der Waals surface area contributed by atoms with Crippen molar-refractivity contribution in [3.8, 4) is 6.07 Å². The molecule has 0 amide bonds. The molecule has 3 heteroatoms. The van der Waals surface area contributed by atoms with Gasteiger partial charge < -0.3 is 4.74 Å². The van der Waals surface area contributed by atoms with E-state index in [-0.39, 0.29) is 5.57 Å². The number of aryl methyl sites for hydroxylation is 1. The lowest BCUT2D eigenvalue weighted by molar-refractivity contribution is -0.137. The molecule has 0 saturated heterocycles. The molecule has 0 unspecified atom stereocenters. The molecule has 0 atom stereocenters. The maximum absolute atomic E-state index is 11.8. The Morgan fingerprint density at radius 2 is 2.17 bits per heavy atom. The van der Waals surface area contributed by atoms with Gasteiger partial charge in [-0.15, -0.1) is 0 Å². The van der Waals surface area contributed by atoms with Crippen molar-refractivity contribution in [1.29, 1.82) is 5.26 Å². The summed E-state index contributed by atoms with van der Waals surface area (Å²) in [5.41, 5.74) is 3.21. The average molecular weight is 241 g/mol. The number of nitrogens with zero attached hydrogens (tertiary/aromatic N) is 1. The van der Waals surface area contributed by atoms with Crippen LogP contribution in [-0.4, -0.2) is 12.6 Å². The summed E-state index contributed by atoms with van der Waals surface area (Å²) in [6.45, 7) is 2.03. The van der Waals surface area contributed by atoms with Crippen LogP contribution in [-0.2, 0) is 16.0 Å². The topological polar surface area (TPSA) is 50.1 Å². The normalized spacial score (nSPS) is 16.4. The van der Waals surface area contributed by atoms with E-state index in [0.717, 1.165) is 30.4 Å². The van der Waals surface area contributed by atoms with E-state index in [2.05, 4.69) is 6.07 Å². The van der Waals surface area contributed by atoms with Crippen molar-refractivity contribution in [2.75, 3.05) is 6.61 Å². The van der Waals surface area contributed by atoms with E-state index in [0.29, 0.717) is 6.61 Å². The summed E-state index contributed by atoms with van der Waals surface area (Å²) >= 11 is 0. The van der Waals surface area contributed by atoms with E-state index in [9.17, 15) is 10.1 Å². The Balaban J connectivity index is 2.50. The Morgan fingerprint density at radius 3 is 2.89 bits per heavy atom. The Kier molecular flexibility index (Phi) is 3.78. The highest BCUT2D eigenvalue weighted by molar-refractivity contribution is 6.02. The molecule has 1 aliphatic carbocycles. The van der Waals surface area contributed by atoms with E-state index in [1.54, 1.807) is 6.92 Å². The number of allylic oxidation sites excluding steroid dienone is 1. The van der Waals surface area contributed by atoms with Crippen molar-refractivity contribution in [3.63, 3.8) is 0 Å². The molecular formula is C15H15NO2. The van der Waals surface area contributed by atoms with Crippen LogP contribution in [0.25, 0.3) is 5.57 Å². The second-order valence-corrected chi connectivity index (χ2v) is 4.20.